The molecular weight excluding hydrogens is 322 g/mol. The Hall–Kier alpha value is -2.59. The molecule has 4 heteroatoms. The number of hydrogen-bond donors (Lipinski definition) is 1. The zero-order valence-corrected chi connectivity index (χ0v) is 15.6. The number of aromatic amines is 1. The first-order valence-corrected chi connectivity index (χ1v) is 9.13. The van der Waals surface area contributed by atoms with Crippen LogP contribution in [0.15, 0.2) is 48.7 Å². The molecular formula is C22H25N3O. The molecule has 1 aliphatic rings. The second-order valence-corrected chi connectivity index (χ2v) is 7.12. The Morgan fingerprint density at radius 3 is 2.77 bits per heavy atom. The number of aromatic nitrogens is 2. The first kappa shape index (κ1) is 16.9. The summed E-state index contributed by atoms with van der Waals surface area (Å²) in [6.45, 7) is 6.31. The molecule has 0 spiro atoms. The standard InChI is InChI=1S/C22H25N3O/c1-15-7-8-18(11-16(15)2)22-19(13-23-24-22)14-25-10-9-21(25)17-5-4-6-20(12-17)26-3/h4-8,11-13,21H,9-10,14H2,1-3H3,(H,23,24)/t21-/m0/s1. The third-order valence-corrected chi connectivity index (χ3v) is 5.50. The Morgan fingerprint density at radius 1 is 1.15 bits per heavy atom. The number of hydrogen-bond acceptors (Lipinski definition) is 3. The van der Waals surface area contributed by atoms with Crippen molar-refractivity contribution in [1.29, 1.82) is 0 Å². The van der Waals surface area contributed by atoms with Crippen LogP contribution in [0.5, 0.6) is 5.75 Å². The predicted octanol–water partition coefficient (Wildman–Crippen LogP) is 4.65. The van der Waals surface area contributed by atoms with Crippen LogP contribution < -0.4 is 4.74 Å². The number of nitrogens with one attached hydrogen (secondary N) is 1. The second-order valence-electron chi connectivity index (χ2n) is 7.12. The van der Waals surface area contributed by atoms with E-state index in [0.717, 1.165) is 24.5 Å². The summed E-state index contributed by atoms with van der Waals surface area (Å²) in [5, 5.41) is 7.51. The fourth-order valence-corrected chi connectivity index (χ4v) is 3.65. The lowest BCUT2D eigenvalue weighted by atomic mass is 9.93. The molecule has 0 amide bonds. The first-order chi connectivity index (χ1) is 12.7. The first-order valence-electron chi connectivity index (χ1n) is 9.13. The molecule has 1 fully saturated rings. The van der Waals surface area contributed by atoms with E-state index < -0.39 is 0 Å². The molecule has 134 valence electrons. The molecule has 0 saturated carbocycles. The SMILES string of the molecule is COc1cccc([C@@H]2CCN2Cc2cn[nH]c2-c2ccc(C)c(C)c2)c1. The summed E-state index contributed by atoms with van der Waals surface area (Å²) >= 11 is 0. The number of methoxy groups -OCH3 is 1. The fourth-order valence-electron chi connectivity index (χ4n) is 3.65. The Bertz CT molecular complexity index is 915. The largest absolute Gasteiger partial charge is 0.497 e. The molecule has 4 rings (SSSR count). The number of likely N-dealkylation sites (tertiary alicyclic amines) is 1. The number of ether oxygens (including phenoxy) is 1. The van der Waals surface area contributed by atoms with E-state index in [1.54, 1.807) is 7.11 Å². The van der Waals surface area contributed by atoms with Gasteiger partial charge in [-0.2, -0.15) is 5.10 Å². The Morgan fingerprint density at radius 2 is 2.04 bits per heavy atom. The van der Waals surface area contributed by atoms with Gasteiger partial charge in [-0.05, 0) is 55.2 Å². The van der Waals surface area contributed by atoms with E-state index in [1.807, 2.05) is 12.3 Å². The maximum Gasteiger partial charge on any atom is 0.119 e. The molecule has 0 unspecified atom stereocenters. The van der Waals surface area contributed by atoms with Crippen LogP contribution >= 0.6 is 0 Å². The maximum atomic E-state index is 5.38. The van der Waals surface area contributed by atoms with Crippen molar-refractivity contribution in [3.8, 4) is 17.0 Å². The summed E-state index contributed by atoms with van der Waals surface area (Å²) < 4.78 is 5.38. The predicted molar refractivity (Wildman–Crippen MR) is 104 cm³/mol. The molecule has 0 bridgehead atoms. The Kier molecular flexibility index (Phi) is 4.51. The van der Waals surface area contributed by atoms with Crippen LogP contribution in [0.1, 0.15) is 34.7 Å². The van der Waals surface area contributed by atoms with E-state index in [-0.39, 0.29) is 0 Å². The molecule has 26 heavy (non-hydrogen) atoms. The quantitative estimate of drug-likeness (QED) is 0.730. The van der Waals surface area contributed by atoms with Gasteiger partial charge in [0.05, 0.1) is 19.0 Å². The highest BCUT2D eigenvalue weighted by atomic mass is 16.5. The average Bonchev–Trinajstić information content (AvgIpc) is 3.09. The van der Waals surface area contributed by atoms with Gasteiger partial charge in [-0.3, -0.25) is 10.00 Å². The molecule has 0 aliphatic carbocycles. The van der Waals surface area contributed by atoms with Crippen molar-refractivity contribution < 1.29 is 4.74 Å². The number of aryl methyl sites for hydroxylation is 2. The van der Waals surface area contributed by atoms with E-state index in [1.165, 1.54) is 34.2 Å². The molecule has 4 nitrogen and oxygen atoms in total. The summed E-state index contributed by atoms with van der Waals surface area (Å²) in [7, 11) is 1.72. The van der Waals surface area contributed by atoms with Crippen molar-refractivity contribution in [1.82, 2.24) is 15.1 Å². The summed E-state index contributed by atoms with van der Waals surface area (Å²) in [6.07, 6.45) is 3.15. The number of rotatable bonds is 5. The van der Waals surface area contributed by atoms with E-state index in [4.69, 9.17) is 4.74 Å². The van der Waals surface area contributed by atoms with Crippen molar-refractivity contribution in [2.75, 3.05) is 13.7 Å². The van der Waals surface area contributed by atoms with Crippen LogP contribution in [0.4, 0.5) is 0 Å². The van der Waals surface area contributed by atoms with Crippen molar-refractivity contribution >= 4 is 0 Å². The molecule has 3 aromatic rings. The highest BCUT2D eigenvalue weighted by molar-refractivity contribution is 5.64. The molecule has 2 heterocycles. The Labute approximate surface area is 154 Å². The molecule has 1 saturated heterocycles. The van der Waals surface area contributed by atoms with Gasteiger partial charge in [0, 0.05) is 30.3 Å². The molecule has 1 aliphatic heterocycles. The van der Waals surface area contributed by atoms with E-state index >= 15 is 0 Å². The van der Waals surface area contributed by atoms with Crippen molar-refractivity contribution in [2.45, 2.75) is 32.9 Å². The summed E-state index contributed by atoms with van der Waals surface area (Å²) in [6, 6.07) is 15.5. The summed E-state index contributed by atoms with van der Waals surface area (Å²) in [5.41, 5.74) is 7.54. The van der Waals surface area contributed by atoms with E-state index in [0.29, 0.717) is 6.04 Å². The molecule has 1 aromatic heterocycles. The topological polar surface area (TPSA) is 41.1 Å². The lowest BCUT2D eigenvalue weighted by Crippen LogP contribution is -2.40. The van der Waals surface area contributed by atoms with Gasteiger partial charge in [0.1, 0.15) is 5.75 Å². The lowest BCUT2D eigenvalue weighted by Gasteiger charge is -2.41. The Balaban J connectivity index is 1.55. The number of H-pyrrole nitrogens is 1. The third-order valence-electron chi connectivity index (χ3n) is 5.50. The van der Waals surface area contributed by atoms with E-state index in [2.05, 4.69) is 65.3 Å². The minimum Gasteiger partial charge on any atom is -0.497 e. The van der Waals surface area contributed by atoms with Crippen LogP contribution in [0, 0.1) is 13.8 Å². The van der Waals surface area contributed by atoms with Crippen LogP contribution in [0.3, 0.4) is 0 Å². The van der Waals surface area contributed by atoms with Crippen molar-refractivity contribution in [2.24, 2.45) is 0 Å². The normalized spacial score (nSPS) is 17.1. The van der Waals surface area contributed by atoms with Crippen LogP contribution in [-0.4, -0.2) is 28.8 Å². The van der Waals surface area contributed by atoms with Gasteiger partial charge >= 0.3 is 0 Å². The minimum absolute atomic E-state index is 0.451. The molecule has 1 N–H and O–H groups in total. The monoisotopic (exact) mass is 347 g/mol. The summed E-state index contributed by atoms with van der Waals surface area (Å²) in [4.78, 5) is 2.50. The number of nitrogens with zero attached hydrogens (tertiary/aromatic N) is 2. The smallest absolute Gasteiger partial charge is 0.119 e. The van der Waals surface area contributed by atoms with Crippen LogP contribution in [-0.2, 0) is 6.54 Å². The van der Waals surface area contributed by atoms with Crippen molar-refractivity contribution in [3.05, 3.63) is 70.9 Å². The second kappa shape index (κ2) is 6.96. The van der Waals surface area contributed by atoms with Gasteiger partial charge in [0.25, 0.3) is 0 Å². The van der Waals surface area contributed by atoms with Crippen LogP contribution in [0.25, 0.3) is 11.3 Å². The molecule has 1 atom stereocenters. The zero-order chi connectivity index (χ0) is 18.1. The van der Waals surface area contributed by atoms with Gasteiger partial charge in [-0.1, -0.05) is 24.3 Å². The van der Waals surface area contributed by atoms with Crippen molar-refractivity contribution in [3.63, 3.8) is 0 Å². The molecule has 2 aromatic carbocycles. The minimum atomic E-state index is 0.451. The van der Waals surface area contributed by atoms with Crippen LogP contribution in [0.2, 0.25) is 0 Å². The molecule has 0 radical (unpaired) electrons. The van der Waals surface area contributed by atoms with Gasteiger partial charge in [0.2, 0.25) is 0 Å². The number of benzene rings is 2. The van der Waals surface area contributed by atoms with Gasteiger partial charge in [0.15, 0.2) is 0 Å². The maximum absolute atomic E-state index is 5.38. The van der Waals surface area contributed by atoms with E-state index in [9.17, 15) is 0 Å². The van der Waals surface area contributed by atoms with Gasteiger partial charge in [-0.25, -0.2) is 0 Å². The fraction of sp³-hybridized carbons (Fsp3) is 0.318. The highest BCUT2D eigenvalue weighted by Crippen LogP contribution is 2.37. The summed E-state index contributed by atoms with van der Waals surface area (Å²) in [5.74, 6) is 0.925. The average molecular weight is 347 g/mol. The third kappa shape index (κ3) is 3.13. The lowest BCUT2D eigenvalue weighted by molar-refractivity contribution is 0.0819. The van der Waals surface area contributed by atoms with Gasteiger partial charge < -0.3 is 4.74 Å². The zero-order valence-electron chi connectivity index (χ0n) is 15.6. The van der Waals surface area contributed by atoms with Gasteiger partial charge in [-0.15, -0.1) is 0 Å². The highest BCUT2D eigenvalue weighted by Gasteiger charge is 2.30.